The molecule has 1 saturated heterocycles. The lowest BCUT2D eigenvalue weighted by Crippen LogP contribution is -2.20. The van der Waals surface area contributed by atoms with E-state index in [9.17, 15) is 0 Å². The number of benzene rings is 1. The number of rotatable bonds is 3. The van der Waals surface area contributed by atoms with Gasteiger partial charge in [0.15, 0.2) is 5.65 Å². The Balaban J connectivity index is 1.91. The van der Waals surface area contributed by atoms with Crippen LogP contribution in [0.4, 0.5) is 0 Å². The average molecular weight is 306 g/mol. The minimum Gasteiger partial charge on any atom is -0.303 e. The van der Waals surface area contributed by atoms with Crippen LogP contribution in [0.2, 0.25) is 0 Å². The molecule has 0 bridgehead atoms. The first-order valence-corrected chi connectivity index (χ1v) is 8.39. The van der Waals surface area contributed by atoms with E-state index < -0.39 is 0 Å². The first-order chi connectivity index (χ1) is 11.3. The van der Waals surface area contributed by atoms with E-state index in [1.54, 1.807) is 0 Å². The maximum Gasteiger partial charge on any atom is 0.164 e. The SMILES string of the molecule is CCN1CCC(c2nc3cccnc3n2-c2ccccc2C)C1. The molecule has 23 heavy (non-hydrogen) atoms. The van der Waals surface area contributed by atoms with Gasteiger partial charge in [-0.1, -0.05) is 25.1 Å². The number of fused-ring (bicyclic) bond motifs is 1. The van der Waals surface area contributed by atoms with Crippen molar-refractivity contribution in [2.75, 3.05) is 19.6 Å². The second kappa shape index (κ2) is 5.78. The molecule has 1 aliphatic heterocycles. The van der Waals surface area contributed by atoms with E-state index in [-0.39, 0.29) is 0 Å². The van der Waals surface area contributed by atoms with Crippen LogP contribution in [0.5, 0.6) is 0 Å². The van der Waals surface area contributed by atoms with E-state index in [0.717, 1.165) is 36.6 Å². The third-order valence-electron chi connectivity index (χ3n) is 4.88. The molecule has 4 heteroatoms. The van der Waals surface area contributed by atoms with E-state index in [1.807, 2.05) is 12.3 Å². The monoisotopic (exact) mass is 306 g/mol. The number of aromatic nitrogens is 3. The predicted octanol–water partition coefficient (Wildman–Crippen LogP) is 3.54. The van der Waals surface area contributed by atoms with Crippen LogP contribution in [0.1, 0.15) is 30.7 Å². The van der Waals surface area contributed by atoms with Crippen LogP contribution < -0.4 is 0 Å². The minimum absolute atomic E-state index is 0.476. The number of imidazole rings is 1. The molecule has 0 N–H and O–H groups in total. The average Bonchev–Trinajstić information content (AvgIpc) is 3.19. The quantitative estimate of drug-likeness (QED) is 0.742. The Morgan fingerprint density at radius 3 is 2.83 bits per heavy atom. The molecule has 0 amide bonds. The molecule has 118 valence electrons. The van der Waals surface area contributed by atoms with Crippen LogP contribution in [0.15, 0.2) is 42.6 Å². The van der Waals surface area contributed by atoms with E-state index >= 15 is 0 Å². The van der Waals surface area contributed by atoms with Gasteiger partial charge in [0.2, 0.25) is 0 Å². The summed E-state index contributed by atoms with van der Waals surface area (Å²) in [5.74, 6) is 1.63. The molecule has 3 heterocycles. The largest absolute Gasteiger partial charge is 0.303 e. The Kier molecular flexibility index (Phi) is 3.62. The lowest BCUT2D eigenvalue weighted by Gasteiger charge is -2.16. The molecular weight excluding hydrogens is 284 g/mol. The number of likely N-dealkylation sites (N-methyl/N-ethyl adjacent to an activating group) is 1. The molecule has 4 rings (SSSR count). The van der Waals surface area contributed by atoms with Gasteiger partial charge >= 0.3 is 0 Å². The van der Waals surface area contributed by atoms with Gasteiger partial charge in [-0.3, -0.25) is 4.57 Å². The second-order valence-electron chi connectivity index (χ2n) is 6.32. The number of nitrogens with zero attached hydrogens (tertiary/aromatic N) is 4. The van der Waals surface area contributed by atoms with Crippen molar-refractivity contribution in [2.45, 2.75) is 26.2 Å². The number of pyridine rings is 1. The Morgan fingerprint density at radius 2 is 2.04 bits per heavy atom. The number of para-hydroxylation sites is 1. The number of hydrogen-bond acceptors (Lipinski definition) is 3. The lowest BCUT2D eigenvalue weighted by atomic mass is 10.1. The van der Waals surface area contributed by atoms with Crippen LogP contribution in [-0.2, 0) is 0 Å². The van der Waals surface area contributed by atoms with Gasteiger partial charge in [0.1, 0.15) is 11.3 Å². The summed E-state index contributed by atoms with van der Waals surface area (Å²) in [4.78, 5) is 12.1. The molecule has 0 radical (unpaired) electrons. The summed E-state index contributed by atoms with van der Waals surface area (Å²) in [6.45, 7) is 7.74. The molecule has 2 aromatic heterocycles. The molecular formula is C19H22N4. The molecule has 1 unspecified atom stereocenters. The smallest absolute Gasteiger partial charge is 0.164 e. The van der Waals surface area contributed by atoms with Gasteiger partial charge < -0.3 is 4.90 Å². The van der Waals surface area contributed by atoms with Gasteiger partial charge in [-0.2, -0.15) is 0 Å². The molecule has 0 aliphatic carbocycles. The first-order valence-electron chi connectivity index (χ1n) is 8.39. The molecule has 1 aromatic carbocycles. The highest BCUT2D eigenvalue weighted by Gasteiger charge is 2.28. The molecule has 1 atom stereocenters. The second-order valence-corrected chi connectivity index (χ2v) is 6.32. The number of hydrogen-bond donors (Lipinski definition) is 0. The molecule has 0 saturated carbocycles. The van der Waals surface area contributed by atoms with Gasteiger partial charge in [-0.15, -0.1) is 0 Å². The van der Waals surface area contributed by atoms with Crippen molar-refractivity contribution in [2.24, 2.45) is 0 Å². The molecule has 4 nitrogen and oxygen atoms in total. The highest BCUT2D eigenvalue weighted by atomic mass is 15.2. The third kappa shape index (κ3) is 2.43. The number of likely N-dealkylation sites (tertiary alicyclic amines) is 1. The topological polar surface area (TPSA) is 34.0 Å². The predicted molar refractivity (Wildman–Crippen MR) is 93.1 cm³/mol. The normalized spacial score (nSPS) is 18.8. The summed E-state index contributed by atoms with van der Waals surface area (Å²) in [6, 6.07) is 12.5. The Labute approximate surface area is 136 Å². The summed E-state index contributed by atoms with van der Waals surface area (Å²) in [7, 11) is 0. The fourth-order valence-corrected chi connectivity index (χ4v) is 3.59. The minimum atomic E-state index is 0.476. The van der Waals surface area contributed by atoms with Gasteiger partial charge in [0.25, 0.3) is 0 Å². The van der Waals surface area contributed by atoms with Gasteiger partial charge in [0.05, 0.1) is 5.69 Å². The standard InChI is InChI=1S/C19H22N4/c1-3-22-12-10-15(13-22)18-21-16-8-6-11-20-19(16)23(18)17-9-5-4-7-14(17)2/h4-9,11,15H,3,10,12-13H2,1-2H3. The highest BCUT2D eigenvalue weighted by molar-refractivity contribution is 5.74. The van der Waals surface area contributed by atoms with Crippen molar-refractivity contribution in [1.82, 2.24) is 19.4 Å². The van der Waals surface area contributed by atoms with Crippen molar-refractivity contribution in [3.63, 3.8) is 0 Å². The molecule has 1 aliphatic rings. The van der Waals surface area contributed by atoms with Gasteiger partial charge in [0, 0.05) is 18.7 Å². The van der Waals surface area contributed by atoms with E-state index in [1.165, 1.54) is 17.7 Å². The van der Waals surface area contributed by atoms with Gasteiger partial charge in [-0.05, 0) is 50.2 Å². The van der Waals surface area contributed by atoms with E-state index in [2.05, 4.69) is 58.6 Å². The van der Waals surface area contributed by atoms with Crippen molar-refractivity contribution >= 4 is 11.2 Å². The zero-order valence-electron chi connectivity index (χ0n) is 13.7. The van der Waals surface area contributed by atoms with E-state index in [4.69, 9.17) is 4.98 Å². The Bertz CT molecular complexity index is 836. The maximum atomic E-state index is 4.95. The first kappa shape index (κ1) is 14.4. The van der Waals surface area contributed by atoms with Crippen molar-refractivity contribution in [3.8, 4) is 5.69 Å². The van der Waals surface area contributed by atoms with Crippen molar-refractivity contribution in [1.29, 1.82) is 0 Å². The van der Waals surface area contributed by atoms with Crippen molar-refractivity contribution in [3.05, 3.63) is 54.0 Å². The fraction of sp³-hybridized carbons (Fsp3) is 0.368. The molecule has 1 fully saturated rings. The summed E-state index contributed by atoms with van der Waals surface area (Å²) < 4.78 is 2.27. The van der Waals surface area contributed by atoms with Crippen molar-refractivity contribution < 1.29 is 0 Å². The lowest BCUT2D eigenvalue weighted by molar-refractivity contribution is 0.352. The summed E-state index contributed by atoms with van der Waals surface area (Å²) in [5, 5.41) is 0. The Morgan fingerprint density at radius 1 is 1.17 bits per heavy atom. The highest BCUT2D eigenvalue weighted by Crippen LogP contribution is 2.31. The van der Waals surface area contributed by atoms with E-state index in [0.29, 0.717) is 5.92 Å². The zero-order chi connectivity index (χ0) is 15.8. The maximum absolute atomic E-state index is 4.95. The molecule has 3 aromatic rings. The van der Waals surface area contributed by atoms with Crippen LogP contribution in [0.3, 0.4) is 0 Å². The summed E-state index contributed by atoms with van der Waals surface area (Å²) in [6.07, 6.45) is 3.03. The Hall–Kier alpha value is -2.20. The van der Waals surface area contributed by atoms with Crippen LogP contribution in [0, 0.1) is 6.92 Å². The fourth-order valence-electron chi connectivity index (χ4n) is 3.59. The number of aryl methyl sites for hydroxylation is 1. The third-order valence-corrected chi connectivity index (χ3v) is 4.88. The summed E-state index contributed by atoms with van der Waals surface area (Å²) >= 11 is 0. The van der Waals surface area contributed by atoms with Gasteiger partial charge in [-0.25, -0.2) is 9.97 Å². The zero-order valence-corrected chi connectivity index (χ0v) is 13.7. The van der Waals surface area contributed by atoms with Crippen LogP contribution in [-0.4, -0.2) is 39.1 Å². The van der Waals surface area contributed by atoms with Crippen LogP contribution >= 0.6 is 0 Å². The molecule has 0 spiro atoms. The van der Waals surface area contributed by atoms with Crippen LogP contribution in [0.25, 0.3) is 16.9 Å². The summed E-state index contributed by atoms with van der Waals surface area (Å²) in [5.41, 5.74) is 4.40.